The molecule has 9 atom stereocenters. The van der Waals surface area contributed by atoms with Gasteiger partial charge in [0.15, 0.2) is 6.29 Å². The van der Waals surface area contributed by atoms with Gasteiger partial charge in [-0.15, -0.1) is 0 Å². The molecule has 470 valence electrons. The first-order chi connectivity index (χ1) is 38.7. The highest BCUT2D eigenvalue weighted by Crippen LogP contribution is 2.24. The molecule has 0 spiro atoms. The van der Waals surface area contributed by atoms with Crippen LogP contribution in [0, 0.1) is 0 Å². The second-order valence-electron chi connectivity index (χ2n) is 24.6. The maximum Gasteiger partial charge on any atom is 0.249 e. The van der Waals surface area contributed by atoms with E-state index in [1.807, 2.05) is 0 Å². The van der Waals surface area contributed by atoms with Crippen molar-refractivity contribution in [2.45, 2.75) is 403 Å². The fourth-order valence-electron chi connectivity index (χ4n) is 11.5. The minimum atomic E-state index is -1.66. The molecule has 1 rings (SSSR count). The fourth-order valence-corrected chi connectivity index (χ4v) is 11.5. The molecular weight excluding hydrogens is 991 g/mol. The zero-order valence-electron chi connectivity index (χ0n) is 51.9. The summed E-state index contributed by atoms with van der Waals surface area (Å²) >= 11 is 0. The third kappa shape index (κ3) is 45.0. The van der Waals surface area contributed by atoms with Gasteiger partial charge in [0, 0.05) is 0 Å². The Morgan fingerprint density at radius 3 is 1.06 bits per heavy atom. The molecule has 0 aromatic heterocycles. The number of ether oxygens (including phenoxy) is 2. The van der Waals surface area contributed by atoms with Gasteiger partial charge >= 0.3 is 0 Å². The summed E-state index contributed by atoms with van der Waals surface area (Å²) in [5.41, 5.74) is 0. The number of aliphatic hydroxyl groups excluding tert-OH is 7. The third-order valence-electron chi connectivity index (χ3n) is 17.1. The Morgan fingerprint density at radius 2 is 0.734 bits per heavy atom. The molecule has 11 nitrogen and oxygen atoms in total. The summed E-state index contributed by atoms with van der Waals surface area (Å²) in [6.07, 6.45) is 58.6. The highest BCUT2D eigenvalue weighted by molar-refractivity contribution is 5.80. The maximum atomic E-state index is 13.2. The summed E-state index contributed by atoms with van der Waals surface area (Å²) in [7, 11) is 0. The van der Waals surface area contributed by atoms with E-state index in [4.69, 9.17) is 9.47 Å². The largest absolute Gasteiger partial charge is 0.394 e. The molecule has 1 aliphatic heterocycles. The van der Waals surface area contributed by atoms with Gasteiger partial charge in [-0.05, 0) is 38.5 Å². The van der Waals surface area contributed by atoms with Crippen LogP contribution in [0.4, 0.5) is 0 Å². The van der Waals surface area contributed by atoms with Crippen LogP contribution in [-0.4, -0.2) is 110 Å². The first-order valence-corrected chi connectivity index (χ1v) is 34.6. The normalized spacial score (nSPS) is 19.3. The van der Waals surface area contributed by atoms with Gasteiger partial charge in [0.25, 0.3) is 0 Å². The molecule has 1 saturated heterocycles. The lowest BCUT2D eigenvalue weighted by atomic mass is 9.98. The number of rotatable bonds is 61. The first kappa shape index (κ1) is 75.9. The van der Waals surface area contributed by atoms with Crippen molar-refractivity contribution >= 4 is 5.91 Å². The Balaban J connectivity index is 2.18. The van der Waals surface area contributed by atoms with Crippen LogP contribution in [0.15, 0.2) is 12.2 Å². The lowest BCUT2D eigenvalue weighted by Gasteiger charge is -2.40. The molecule has 0 saturated carbocycles. The minimum absolute atomic E-state index is 0.256. The minimum Gasteiger partial charge on any atom is -0.394 e. The average molecular weight is 1120 g/mol. The number of nitrogens with one attached hydrogen (secondary N) is 1. The fraction of sp³-hybridized carbons (Fsp3) is 0.956. The topological polar surface area (TPSA) is 189 Å². The third-order valence-corrected chi connectivity index (χ3v) is 17.1. The lowest BCUT2D eigenvalue weighted by molar-refractivity contribution is -0.303. The molecular formula is C68H133NO10. The van der Waals surface area contributed by atoms with Gasteiger partial charge in [0.1, 0.15) is 36.6 Å². The Morgan fingerprint density at radius 1 is 0.430 bits per heavy atom. The molecule has 0 aliphatic carbocycles. The second kappa shape index (κ2) is 57.3. The van der Waals surface area contributed by atoms with Crippen LogP contribution in [0.1, 0.15) is 348 Å². The van der Waals surface area contributed by atoms with E-state index in [-0.39, 0.29) is 6.42 Å². The number of aliphatic hydroxyl groups is 7. The van der Waals surface area contributed by atoms with E-state index < -0.39 is 74.2 Å². The summed E-state index contributed by atoms with van der Waals surface area (Å²) < 4.78 is 11.2. The van der Waals surface area contributed by atoms with Gasteiger partial charge in [0.05, 0.1) is 25.4 Å². The maximum absolute atomic E-state index is 13.2. The summed E-state index contributed by atoms with van der Waals surface area (Å²) in [5.74, 6) is -0.695. The SMILES string of the molecule is CCCCCCCCCCCC/C=C\CCCCCCCCC(O)C(=O)NC(COC1OC(CO)C(O)C(O)C1O)C(O)C(O)CCCCCCCCCCCCCCCCCCCCCCCCCCCCCCCCCC. The van der Waals surface area contributed by atoms with Crippen molar-refractivity contribution in [2.75, 3.05) is 13.2 Å². The first-order valence-electron chi connectivity index (χ1n) is 34.6. The molecule has 0 bridgehead atoms. The van der Waals surface area contributed by atoms with E-state index in [1.165, 1.54) is 257 Å². The van der Waals surface area contributed by atoms with Crippen LogP contribution in [0.2, 0.25) is 0 Å². The van der Waals surface area contributed by atoms with Crippen molar-refractivity contribution < 1.29 is 50.0 Å². The summed E-state index contributed by atoms with van der Waals surface area (Å²) in [6.45, 7) is 3.51. The van der Waals surface area contributed by atoms with Crippen molar-refractivity contribution in [1.82, 2.24) is 5.32 Å². The Kier molecular flexibility index (Phi) is 55.0. The summed E-state index contributed by atoms with van der Waals surface area (Å²) in [4.78, 5) is 13.2. The molecule has 1 amide bonds. The van der Waals surface area contributed by atoms with E-state index in [0.29, 0.717) is 19.3 Å². The second-order valence-corrected chi connectivity index (χ2v) is 24.6. The van der Waals surface area contributed by atoms with Gasteiger partial charge < -0.3 is 50.5 Å². The summed E-state index contributed by atoms with van der Waals surface area (Å²) in [5, 5.41) is 76.5. The molecule has 0 aromatic rings. The Hall–Kier alpha value is -1.15. The van der Waals surface area contributed by atoms with Crippen molar-refractivity contribution in [1.29, 1.82) is 0 Å². The Labute approximate surface area is 487 Å². The molecule has 0 aromatic carbocycles. The average Bonchev–Trinajstić information content (AvgIpc) is 3.46. The van der Waals surface area contributed by atoms with Crippen LogP contribution in [-0.2, 0) is 14.3 Å². The van der Waals surface area contributed by atoms with Crippen LogP contribution in [0.3, 0.4) is 0 Å². The van der Waals surface area contributed by atoms with E-state index in [0.717, 1.165) is 51.4 Å². The quantitative estimate of drug-likeness (QED) is 0.0215. The highest BCUT2D eigenvalue weighted by atomic mass is 16.7. The van der Waals surface area contributed by atoms with Gasteiger partial charge in [-0.25, -0.2) is 0 Å². The van der Waals surface area contributed by atoms with Crippen molar-refractivity contribution in [3.63, 3.8) is 0 Å². The number of carbonyl (C=O) groups excluding carboxylic acids is 1. The number of carbonyl (C=O) groups is 1. The molecule has 0 radical (unpaired) electrons. The molecule has 1 aliphatic rings. The number of unbranched alkanes of at least 4 members (excludes halogenated alkanes) is 47. The number of amides is 1. The van der Waals surface area contributed by atoms with Gasteiger partial charge in [0.2, 0.25) is 5.91 Å². The Bertz CT molecular complexity index is 1290. The molecule has 9 unspecified atom stereocenters. The number of allylic oxidation sites excluding steroid dienone is 2. The molecule has 1 heterocycles. The smallest absolute Gasteiger partial charge is 0.249 e. The van der Waals surface area contributed by atoms with Gasteiger partial charge in [-0.1, -0.05) is 321 Å². The zero-order valence-corrected chi connectivity index (χ0v) is 51.9. The van der Waals surface area contributed by atoms with E-state index in [2.05, 4.69) is 31.3 Å². The van der Waals surface area contributed by atoms with E-state index in [1.54, 1.807) is 0 Å². The lowest BCUT2D eigenvalue weighted by Crippen LogP contribution is -2.60. The molecule has 79 heavy (non-hydrogen) atoms. The van der Waals surface area contributed by atoms with Crippen LogP contribution < -0.4 is 5.32 Å². The highest BCUT2D eigenvalue weighted by Gasteiger charge is 2.44. The van der Waals surface area contributed by atoms with Crippen molar-refractivity contribution in [3.05, 3.63) is 12.2 Å². The van der Waals surface area contributed by atoms with Crippen molar-refractivity contribution in [3.8, 4) is 0 Å². The van der Waals surface area contributed by atoms with E-state index in [9.17, 15) is 40.5 Å². The molecule has 1 fully saturated rings. The molecule has 11 heteroatoms. The predicted molar refractivity (Wildman–Crippen MR) is 330 cm³/mol. The standard InChI is InChI=1S/C68H133NO10/c1-3-5-7-9-11-13-15-17-19-21-23-25-26-27-28-29-30-31-32-33-34-35-36-38-39-41-43-45-47-49-51-53-55-60(71)63(73)59(58-78-68-66(76)65(75)64(74)62(57-70)79-68)69-67(77)61(72)56-54-52-50-48-46-44-42-40-37-24-22-20-18-16-14-12-10-8-6-4-2/h37,40,59-66,68,70-76H,3-36,38-39,41-58H2,1-2H3,(H,69,77)/b40-37-. The molecule has 8 N–H and O–H groups in total. The van der Waals surface area contributed by atoms with Crippen LogP contribution >= 0.6 is 0 Å². The van der Waals surface area contributed by atoms with Crippen molar-refractivity contribution in [2.24, 2.45) is 0 Å². The van der Waals surface area contributed by atoms with Gasteiger partial charge in [-0.2, -0.15) is 0 Å². The number of hydrogen-bond acceptors (Lipinski definition) is 10. The zero-order chi connectivity index (χ0) is 57.5. The van der Waals surface area contributed by atoms with Crippen LogP contribution in [0.5, 0.6) is 0 Å². The monoisotopic (exact) mass is 1120 g/mol. The van der Waals surface area contributed by atoms with Crippen LogP contribution in [0.25, 0.3) is 0 Å². The van der Waals surface area contributed by atoms with Gasteiger partial charge in [-0.3, -0.25) is 4.79 Å². The predicted octanol–water partition coefficient (Wildman–Crippen LogP) is 16.3. The van der Waals surface area contributed by atoms with E-state index >= 15 is 0 Å². The number of hydrogen-bond donors (Lipinski definition) is 8. The summed E-state index contributed by atoms with van der Waals surface area (Å²) in [6, 6.07) is -1.17.